The molecule has 9 rings (SSSR count). The predicted octanol–water partition coefficient (Wildman–Crippen LogP) is 4.52. The molecular weight excluding hydrogens is 578 g/mol. The lowest BCUT2D eigenvalue weighted by atomic mass is 9.96. The molecule has 3 aromatic heterocycles. The molecule has 2 saturated carbocycles. The van der Waals surface area contributed by atoms with Gasteiger partial charge in [-0.2, -0.15) is 0 Å². The quantitative estimate of drug-likeness (QED) is 0.290. The number of pyridine rings is 1. The minimum absolute atomic E-state index is 0.00529. The fourth-order valence-corrected chi connectivity index (χ4v) is 8.05. The number of hydrogen-bond acceptors (Lipinski definition) is 6. The van der Waals surface area contributed by atoms with Crippen molar-refractivity contribution in [3.63, 3.8) is 0 Å². The molecule has 234 valence electrons. The maximum atomic E-state index is 13.7. The van der Waals surface area contributed by atoms with Crippen LogP contribution in [0.15, 0.2) is 48.5 Å². The van der Waals surface area contributed by atoms with Crippen LogP contribution in [0.3, 0.4) is 0 Å². The molecule has 4 aliphatic rings. The fraction of sp³-hybridized carbons (Fsp3) is 0.389. The number of carbonyl (C=O) groups excluding carboxylic acids is 2. The van der Waals surface area contributed by atoms with Gasteiger partial charge in [0.05, 0.1) is 24.0 Å². The highest BCUT2D eigenvalue weighted by Crippen LogP contribution is 2.40. The number of hydrogen-bond donors (Lipinski definition) is 2. The average Bonchev–Trinajstić information content (AvgIpc) is 3.48. The number of piperidine rings is 1. The van der Waals surface area contributed by atoms with E-state index in [9.17, 15) is 9.59 Å². The second-order valence-electron chi connectivity index (χ2n) is 13.6. The Hall–Kier alpha value is -4.70. The minimum Gasteiger partial charge on any atom is -0.494 e. The number of nitrogens with two attached hydrogens (primary N) is 1. The molecule has 46 heavy (non-hydrogen) atoms. The molecule has 2 aliphatic carbocycles. The smallest absolute Gasteiger partial charge is 0.254 e. The summed E-state index contributed by atoms with van der Waals surface area (Å²) in [5.74, 6) is 2.37. The van der Waals surface area contributed by atoms with Gasteiger partial charge in [-0.1, -0.05) is 12.1 Å². The van der Waals surface area contributed by atoms with E-state index in [0.29, 0.717) is 36.2 Å². The van der Waals surface area contributed by atoms with Crippen LogP contribution >= 0.6 is 0 Å². The van der Waals surface area contributed by atoms with E-state index in [2.05, 4.69) is 38.7 Å². The zero-order valence-electron chi connectivity index (χ0n) is 26.1. The van der Waals surface area contributed by atoms with E-state index < -0.39 is 0 Å². The van der Waals surface area contributed by atoms with Gasteiger partial charge >= 0.3 is 0 Å². The summed E-state index contributed by atoms with van der Waals surface area (Å²) in [6.07, 6.45) is 5.30. The summed E-state index contributed by atoms with van der Waals surface area (Å²) in [6, 6.07) is 16.3. The van der Waals surface area contributed by atoms with Gasteiger partial charge in [-0.15, -0.1) is 0 Å². The Morgan fingerprint density at radius 2 is 1.93 bits per heavy atom. The van der Waals surface area contributed by atoms with Crippen LogP contribution in [0.5, 0.6) is 5.75 Å². The van der Waals surface area contributed by atoms with E-state index >= 15 is 0 Å². The van der Waals surface area contributed by atoms with E-state index in [1.165, 1.54) is 12.8 Å². The first-order valence-corrected chi connectivity index (χ1v) is 16.4. The number of imidazole rings is 1. The summed E-state index contributed by atoms with van der Waals surface area (Å²) < 4.78 is 10.2. The number of ether oxygens (including phenoxy) is 1. The maximum absolute atomic E-state index is 13.7. The SMILES string of the molecule is COc1cc(C(=O)N2CC3CCC2[C@@H]3N)cc2nc(-c3cc4ccc(-c5ccc6c(c5)C(=O)NCC6)nc4n3CC3CC3)n(C)c12. The number of amides is 2. The van der Waals surface area contributed by atoms with E-state index in [1.54, 1.807) is 7.11 Å². The van der Waals surface area contributed by atoms with E-state index in [0.717, 1.165) is 81.8 Å². The van der Waals surface area contributed by atoms with Crippen LogP contribution in [0.2, 0.25) is 0 Å². The van der Waals surface area contributed by atoms with Crippen LogP contribution in [0.4, 0.5) is 0 Å². The van der Waals surface area contributed by atoms with Crippen molar-refractivity contribution in [3.8, 4) is 28.5 Å². The van der Waals surface area contributed by atoms with E-state index in [1.807, 2.05) is 36.2 Å². The molecule has 5 aromatic rings. The number of rotatable bonds is 6. The van der Waals surface area contributed by atoms with Gasteiger partial charge in [0.1, 0.15) is 16.9 Å². The molecule has 0 radical (unpaired) electrons. The highest BCUT2D eigenvalue weighted by molar-refractivity contribution is 6.01. The topological polar surface area (TPSA) is 120 Å². The lowest BCUT2D eigenvalue weighted by Gasteiger charge is -2.27. The Morgan fingerprint density at radius 1 is 1.07 bits per heavy atom. The number of nitrogens with one attached hydrogen (secondary N) is 1. The highest BCUT2D eigenvalue weighted by Gasteiger charge is 2.47. The Balaban J connectivity index is 1.14. The van der Waals surface area contributed by atoms with Gasteiger partial charge in [0.15, 0.2) is 5.82 Å². The molecule has 5 heterocycles. The molecule has 2 aliphatic heterocycles. The number of nitrogens with zero attached hydrogens (tertiary/aromatic N) is 5. The first-order chi connectivity index (χ1) is 22.4. The molecule has 10 heteroatoms. The molecule has 10 nitrogen and oxygen atoms in total. The molecule has 2 aromatic carbocycles. The zero-order valence-corrected chi connectivity index (χ0v) is 26.1. The molecule has 3 fully saturated rings. The van der Waals surface area contributed by atoms with Crippen LogP contribution < -0.4 is 15.8 Å². The van der Waals surface area contributed by atoms with Crippen molar-refractivity contribution in [2.75, 3.05) is 20.2 Å². The van der Waals surface area contributed by atoms with Gasteiger partial charge in [0.2, 0.25) is 0 Å². The number of aryl methyl sites for hydroxylation is 1. The summed E-state index contributed by atoms with van der Waals surface area (Å²) >= 11 is 0. The van der Waals surface area contributed by atoms with Gasteiger partial charge in [0.25, 0.3) is 11.8 Å². The van der Waals surface area contributed by atoms with Crippen LogP contribution in [0.1, 0.15) is 52.0 Å². The predicted molar refractivity (Wildman–Crippen MR) is 176 cm³/mol. The van der Waals surface area contributed by atoms with Crippen molar-refractivity contribution >= 4 is 33.9 Å². The molecule has 3 atom stereocenters. The fourth-order valence-electron chi connectivity index (χ4n) is 8.05. The van der Waals surface area contributed by atoms with Crippen LogP contribution in [-0.2, 0) is 20.0 Å². The zero-order chi connectivity index (χ0) is 31.3. The largest absolute Gasteiger partial charge is 0.494 e. The summed E-state index contributed by atoms with van der Waals surface area (Å²) in [5.41, 5.74) is 14.0. The molecule has 3 N–H and O–H groups in total. The summed E-state index contributed by atoms with van der Waals surface area (Å²) in [5, 5.41) is 3.99. The molecular formula is C36H37N7O3. The standard InChI is InChI=1S/C36H37N7O3/c1-41-32-27(14-24(16-30(32)46-2)36(45)43-18-23-8-10-28(43)31(23)37)40-34(41)29-15-22-7-9-26(39-33(22)42(29)17-19-3-4-19)21-6-5-20-11-12-38-35(44)25(20)13-21/h5-7,9,13-16,19,23,28,31H,3-4,8,10-12,17-18,37H2,1-2H3,(H,38,44)/t23?,28?,31-/m1/s1. The Kier molecular flexibility index (Phi) is 6.09. The number of likely N-dealkylation sites (tertiary alicyclic amines) is 1. The van der Waals surface area contributed by atoms with Crippen LogP contribution in [0, 0.1) is 11.8 Å². The van der Waals surface area contributed by atoms with E-state index in [-0.39, 0.29) is 23.9 Å². The van der Waals surface area contributed by atoms with Gasteiger partial charge in [0, 0.05) is 60.8 Å². The molecule has 2 bridgehead atoms. The molecule has 0 spiro atoms. The van der Waals surface area contributed by atoms with Gasteiger partial charge in [-0.3, -0.25) is 9.59 Å². The third-order valence-corrected chi connectivity index (χ3v) is 10.8. The molecule has 2 unspecified atom stereocenters. The lowest BCUT2D eigenvalue weighted by Crippen LogP contribution is -2.41. The summed E-state index contributed by atoms with van der Waals surface area (Å²) in [6.45, 7) is 2.24. The average molecular weight is 616 g/mol. The van der Waals surface area contributed by atoms with E-state index in [4.69, 9.17) is 20.4 Å². The first-order valence-electron chi connectivity index (χ1n) is 16.4. The number of carbonyl (C=O) groups is 2. The van der Waals surface area contributed by atoms with Crippen molar-refractivity contribution in [1.29, 1.82) is 0 Å². The van der Waals surface area contributed by atoms with Gasteiger partial charge in [-0.25, -0.2) is 9.97 Å². The summed E-state index contributed by atoms with van der Waals surface area (Å²) in [4.78, 5) is 38.6. The third-order valence-electron chi connectivity index (χ3n) is 10.8. The van der Waals surface area contributed by atoms with Crippen molar-refractivity contribution in [3.05, 3.63) is 65.2 Å². The summed E-state index contributed by atoms with van der Waals surface area (Å²) in [7, 11) is 3.65. The lowest BCUT2D eigenvalue weighted by molar-refractivity contribution is 0.0700. The normalized spacial score (nSPS) is 22.1. The Morgan fingerprint density at radius 3 is 2.70 bits per heavy atom. The van der Waals surface area contributed by atoms with Gasteiger partial charge < -0.3 is 29.8 Å². The van der Waals surface area contributed by atoms with Crippen LogP contribution in [-0.4, -0.2) is 68.1 Å². The molecule has 1 saturated heterocycles. The maximum Gasteiger partial charge on any atom is 0.254 e. The number of aromatic nitrogens is 4. The third kappa shape index (κ3) is 4.19. The highest BCUT2D eigenvalue weighted by atomic mass is 16.5. The second kappa shape index (κ2) is 10.2. The number of methoxy groups -OCH3 is 1. The monoisotopic (exact) mass is 615 g/mol. The van der Waals surface area contributed by atoms with Gasteiger partial charge in [-0.05, 0) is 85.9 Å². The Labute approximate surface area is 266 Å². The Bertz CT molecular complexity index is 2090. The first kappa shape index (κ1) is 27.6. The van der Waals surface area contributed by atoms with Crippen molar-refractivity contribution in [2.24, 2.45) is 24.6 Å². The number of fused-ring (bicyclic) bond motifs is 5. The van der Waals surface area contributed by atoms with Crippen molar-refractivity contribution < 1.29 is 14.3 Å². The molecule has 2 amide bonds. The van der Waals surface area contributed by atoms with Crippen LogP contribution in [0.25, 0.3) is 44.8 Å². The minimum atomic E-state index is -0.0260. The van der Waals surface area contributed by atoms with Crippen molar-refractivity contribution in [1.82, 2.24) is 29.3 Å². The second-order valence-corrected chi connectivity index (χ2v) is 13.6. The number of benzene rings is 2. The van der Waals surface area contributed by atoms with Crippen molar-refractivity contribution in [2.45, 2.75) is 50.7 Å².